The van der Waals surface area contributed by atoms with Gasteiger partial charge in [-0.15, -0.1) is 11.3 Å². The van der Waals surface area contributed by atoms with Crippen LogP contribution in [-0.2, 0) is 17.8 Å². The van der Waals surface area contributed by atoms with Gasteiger partial charge in [0.1, 0.15) is 0 Å². The maximum absolute atomic E-state index is 12.5. The van der Waals surface area contributed by atoms with Crippen LogP contribution in [0.2, 0.25) is 0 Å². The Morgan fingerprint density at radius 2 is 2.12 bits per heavy atom. The average Bonchev–Trinajstić information content (AvgIpc) is 3.07. The van der Waals surface area contributed by atoms with Crippen molar-refractivity contribution in [2.45, 2.75) is 19.9 Å². The molecule has 1 aliphatic heterocycles. The maximum Gasteiger partial charge on any atom is 0.251 e. The normalized spacial score (nSPS) is 13.3. The molecular weight excluding hydrogens is 322 g/mol. The lowest BCUT2D eigenvalue weighted by Crippen LogP contribution is -2.38. The fourth-order valence-corrected chi connectivity index (χ4v) is 3.73. The second-order valence-corrected chi connectivity index (χ2v) is 6.90. The van der Waals surface area contributed by atoms with Gasteiger partial charge in [-0.1, -0.05) is 6.07 Å². The van der Waals surface area contributed by atoms with E-state index in [4.69, 9.17) is 0 Å². The molecule has 0 spiro atoms. The molecule has 0 radical (unpaired) electrons. The van der Waals surface area contributed by atoms with E-state index in [1.54, 1.807) is 30.5 Å². The largest absolute Gasteiger partial charge is 0.376 e. The lowest BCUT2D eigenvalue weighted by molar-refractivity contribution is -0.130. The number of nitrogens with zero attached hydrogens (tertiary/aromatic N) is 1. The third-order valence-corrected chi connectivity index (χ3v) is 5.34. The molecule has 0 saturated carbocycles. The number of anilines is 1. The van der Waals surface area contributed by atoms with E-state index in [1.807, 2.05) is 17.9 Å². The monoisotopic (exact) mass is 343 g/mol. The molecule has 2 heterocycles. The quantitative estimate of drug-likeness (QED) is 0.896. The van der Waals surface area contributed by atoms with Gasteiger partial charge < -0.3 is 15.5 Å². The number of hydrogen-bond donors (Lipinski definition) is 2. The minimum atomic E-state index is -0.134. The number of benzene rings is 1. The summed E-state index contributed by atoms with van der Waals surface area (Å²) in [4.78, 5) is 27.5. The lowest BCUT2D eigenvalue weighted by atomic mass is 10.1. The molecule has 0 atom stereocenters. The van der Waals surface area contributed by atoms with Crippen LogP contribution in [-0.4, -0.2) is 36.9 Å². The fraction of sp³-hybridized carbons (Fsp3) is 0.333. The Morgan fingerprint density at radius 3 is 2.92 bits per heavy atom. The number of carbonyl (C=O) groups excluding carboxylic acids is 2. The summed E-state index contributed by atoms with van der Waals surface area (Å²) in [6.07, 6.45) is 0.934. The topological polar surface area (TPSA) is 61.4 Å². The number of thiophene rings is 1. The molecule has 0 fully saturated rings. The van der Waals surface area contributed by atoms with Crippen LogP contribution in [0.25, 0.3) is 0 Å². The van der Waals surface area contributed by atoms with E-state index in [0.29, 0.717) is 12.1 Å². The maximum atomic E-state index is 12.5. The van der Waals surface area contributed by atoms with Crippen LogP contribution in [0.1, 0.15) is 26.4 Å². The first-order chi connectivity index (χ1) is 11.6. The Morgan fingerprint density at radius 1 is 1.29 bits per heavy atom. The minimum Gasteiger partial charge on any atom is -0.376 e. The third kappa shape index (κ3) is 3.43. The van der Waals surface area contributed by atoms with Crippen molar-refractivity contribution in [3.05, 3.63) is 51.2 Å². The Hall–Kier alpha value is -2.34. The zero-order chi connectivity index (χ0) is 17.1. The van der Waals surface area contributed by atoms with E-state index in [-0.39, 0.29) is 18.4 Å². The summed E-state index contributed by atoms with van der Waals surface area (Å²) in [5, 5.41) is 7.88. The van der Waals surface area contributed by atoms with Gasteiger partial charge in [0, 0.05) is 36.3 Å². The van der Waals surface area contributed by atoms with Gasteiger partial charge in [-0.3, -0.25) is 9.59 Å². The van der Waals surface area contributed by atoms with Gasteiger partial charge in [0.25, 0.3) is 5.91 Å². The van der Waals surface area contributed by atoms with Crippen molar-refractivity contribution in [3.63, 3.8) is 0 Å². The number of amides is 2. The van der Waals surface area contributed by atoms with Gasteiger partial charge in [0.05, 0.1) is 6.54 Å². The molecule has 2 N–H and O–H groups in total. The molecule has 0 unspecified atom stereocenters. The van der Waals surface area contributed by atoms with Gasteiger partial charge in [-0.25, -0.2) is 0 Å². The van der Waals surface area contributed by atoms with Crippen molar-refractivity contribution in [1.29, 1.82) is 0 Å². The summed E-state index contributed by atoms with van der Waals surface area (Å²) in [7, 11) is 1.61. The summed E-state index contributed by atoms with van der Waals surface area (Å²) in [6.45, 7) is 3.65. The van der Waals surface area contributed by atoms with Crippen molar-refractivity contribution >= 4 is 28.8 Å². The van der Waals surface area contributed by atoms with Gasteiger partial charge in [0.15, 0.2) is 0 Å². The molecule has 0 saturated heterocycles. The molecule has 1 aliphatic rings. The number of nitrogens with one attached hydrogen (secondary N) is 2. The smallest absolute Gasteiger partial charge is 0.251 e. The zero-order valence-electron chi connectivity index (χ0n) is 13.9. The molecule has 2 aromatic rings. The molecule has 24 heavy (non-hydrogen) atoms. The van der Waals surface area contributed by atoms with Crippen molar-refractivity contribution in [2.75, 3.05) is 25.5 Å². The second-order valence-electron chi connectivity index (χ2n) is 5.90. The van der Waals surface area contributed by atoms with Gasteiger partial charge in [0.2, 0.25) is 5.91 Å². The predicted molar refractivity (Wildman–Crippen MR) is 96.5 cm³/mol. The van der Waals surface area contributed by atoms with Crippen molar-refractivity contribution < 1.29 is 9.59 Å². The Kier molecular flexibility index (Phi) is 4.85. The van der Waals surface area contributed by atoms with E-state index in [1.165, 1.54) is 10.4 Å². The number of rotatable bonds is 4. The number of fused-ring (bicyclic) bond motifs is 1. The first-order valence-electron chi connectivity index (χ1n) is 7.98. The first kappa shape index (κ1) is 16.5. The van der Waals surface area contributed by atoms with E-state index in [2.05, 4.69) is 22.1 Å². The summed E-state index contributed by atoms with van der Waals surface area (Å²) in [5.74, 6) is -0.0537. The SMILES string of the molecule is CNC(=O)c1ccc(C)c(NCC(=O)N2CCc3sccc3C2)c1. The Labute approximate surface area is 145 Å². The van der Waals surface area contributed by atoms with E-state index < -0.39 is 0 Å². The molecule has 1 aromatic heterocycles. The molecular formula is C18H21N3O2S. The van der Waals surface area contributed by atoms with Crippen molar-refractivity contribution in [1.82, 2.24) is 10.2 Å². The second kappa shape index (κ2) is 7.05. The van der Waals surface area contributed by atoms with Gasteiger partial charge in [-0.2, -0.15) is 0 Å². The van der Waals surface area contributed by atoms with Crippen LogP contribution in [0.5, 0.6) is 0 Å². The molecule has 0 aliphatic carbocycles. The number of aryl methyl sites for hydroxylation is 1. The molecule has 126 valence electrons. The summed E-state index contributed by atoms with van der Waals surface area (Å²) >= 11 is 1.77. The average molecular weight is 343 g/mol. The number of hydrogen-bond acceptors (Lipinski definition) is 4. The van der Waals surface area contributed by atoms with Crippen LogP contribution >= 0.6 is 11.3 Å². The van der Waals surface area contributed by atoms with E-state index in [0.717, 1.165) is 24.2 Å². The highest BCUT2D eigenvalue weighted by Crippen LogP contribution is 2.24. The lowest BCUT2D eigenvalue weighted by Gasteiger charge is -2.27. The first-order valence-corrected chi connectivity index (χ1v) is 8.86. The molecule has 0 bridgehead atoms. The summed E-state index contributed by atoms with van der Waals surface area (Å²) in [5.41, 5.74) is 3.67. The third-order valence-electron chi connectivity index (χ3n) is 4.32. The van der Waals surface area contributed by atoms with E-state index >= 15 is 0 Å². The Bertz CT molecular complexity index is 769. The van der Waals surface area contributed by atoms with Gasteiger partial charge >= 0.3 is 0 Å². The van der Waals surface area contributed by atoms with Crippen LogP contribution in [0.4, 0.5) is 5.69 Å². The molecule has 2 amide bonds. The summed E-state index contributed by atoms with van der Waals surface area (Å²) < 4.78 is 0. The summed E-state index contributed by atoms with van der Waals surface area (Å²) in [6, 6.07) is 7.55. The Balaban J connectivity index is 1.63. The van der Waals surface area contributed by atoms with Crippen LogP contribution < -0.4 is 10.6 Å². The highest BCUT2D eigenvalue weighted by molar-refractivity contribution is 7.10. The highest BCUT2D eigenvalue weighted by Gasteiger charge is 2.21. The standard InChI is InChI=1S/C18H21N3O2S/c1-12-3-4-13(18(23)19-2)9-15(12)20-10-17(22)21-7-5-16-14(11-21)6-8-24-16/h3-4,6,8-9,20H,5,7,10-11H2,1-2H3,(H,19,23). The molecule has 1 aromatic carbocycles. The zero-order valence-corrected chi connectivity index (χ0v) is 14.7. The van der Waals surface area contributed by atoms with Crippen LogP contribution in [0.3, 0.4) is 0 Å². The van der Waals surface area contributed by atoms with Crippen molar-refractivity contribution in [3.8, 4) is 0 Å². The number of carbonyl (C=O) groups is 2. The van der Waals surface area contributed by atoms with Gasteiger partial charge in [-0.05, 0) is 48.1 Å². The highest BCUT2D eigenvalue weighted by atomic mass is 32.1. The molecule has 5 nitrogen and oxygen atoms in total. The van der Waals surface area contributed by atoms with Crippen LogP contribution in [0, 0.1) is 6.92 Å². The minimum absolute atomic E-state index is 0.0802. The van der Waals surface area contributed by atoms with E-state index in [9.17, 15) is 9.59 Å². The predicted octanol–water partition coefficient (Wildman–Crippen LogP) is 2.41. The van der Waals surface area contributed by atoms with Crippen molar-refractivity contribution in [2.24, 2.45) is 0 Å². The molecule has 6 heteroatoms. The molecule has 3 rings (SSSR count). The van der Waals surface area contributed by atoms with Crippen LogP contribution in [0.15, 0.2) is 29.6 Å². The fourth-order valence-electron chi connectivity index (χ4n) is 2.84.